The van der Waals surface area contributed by atoms with Gasteiger partial charge in [0.2, 0.25) is 5.88 Å². The predicted octanol–water partition coefficient (Wildman–Crippen LogP) is 3.42. The number of aromatic hydroxyl groups is 1. The van der Waals surface area contributed by atoms with E-state index in [1.54, 1.807) is 12.1 Å². The molecule has 4 nitrogen and oxygen atoms in total. The van der Waals surface area contributed by atoms with E-state index < -0.39 is 0 Å². The van der Waals surface area contributed by atoms with Crippen LogP contribution in [-0.2, 0) is 4.84 Å². The monoisotopic (exact) mass is 280 g/mol. The highest BCUT2D eigenvalue weighted by molar-refractivity contribution is 7.17. The van der Waals surface area contributed by atoms with Gasteiger partial charge in [0.15, 0.2) is 0 Å². The van der Waals surface area contributed by atoms with E-state index in [2.05, 4.69) is 10.1 Å². The van der Waals surface area contributed by atoms with Gasteiger partial charge in [0.25, 0.3) is 0 Å². The maximum Gasteiger partial charge on any atom is 0.232 e. The zero-order valence-corrected chi connectivity index (χ0v) is 11.4. The van der Waals surface area contributed by atoms with Gasteiger partial charge in [-0.3, -0.25) is 0 Å². The molecule has 0 saturated carbocycles. The molecule has 0 bridgehead atoms. The Labute approximate surface area is 114 Å². The molecule has 1 N–H and O–H groups in total. The van der Waals surface area contributed by atoms with Gasteiger partial charge in [-0.05, 0) is 18.6 Å². The summed E-state index contributed by atoms with van der Waals surface area (Å²) in [6.45, 7) is 1.90. The number of halogens is 1. The van der Waals surface area contributed by atoms with E-state index >= 15 is 0 Å². The van der Waals surface area contributed by atoms with Crippen LogP contribution in [0.2, 0.25) is 0 Å². The normalized spacial score (nSPS) is 11.6. The van der Waals surface area contributed by atoms with Crippen molar-refractivity contribution in [2.24, 2.45) is 5.16 Å². The van der Waals surface area contributed by atoms with Crippen LogP contribution < -0.4 is 0 Å². The zero-order valence-electron chi connectivity index (χ0n) is 10.6. The van der Waals surface area contributed by atoms with Crippen LogP contribution in [0.4, 0.5) is 4.39 Å². The second-order valence-corrected chi connectivity index (χ2v) is 4.76. The van der Waals surface area contributed by atoms with E-state index in [1.807, 2.05) is 6.92 Å². The molecule has 100 valence electrons. The number of benzene rings is 1. The number of hydrogen-bond donors (Lipinski definition) is 1. The molecule has 0 fully saturated rings. The molecule has 0 unspecified atom stereocenters. The largest absolute Gasteiger partial charge is 0.492 e. The maximum absolute atomic E-state index is 13.2. The number of hydrogen-bond acceptors (Lipinski definition) is 5. The minimum atomic E-state index is -0.338. The highest BCUT2D eigenvalue weighted by atomic mass is 32.1. The molecule has 0 aliphatic carbocycles. The molecular formula is C13H13FN2O2S. The van der Waals surface area contributed by atoms with Gasteiger partial charge in [-0.25, -0.2) is 9.37 Å². The maximum atomic E-state index is 13.2. The molecule has 6 heteroatoms. The fourth-order valence-electron chi connectivity index (χ4n) is 1.62. The van der Waals surface area contributed by atoms with Crippen LogP contribution >= 0.6 is 11.3 Å². The standard InChI is InChI=1S/C13H13FN2O2S/c1-3-10(16-18-2)11-12(17)15-13(19-11)8-5-4-6-9(14)7-8/h4-7,17H,3H2,1-2H3/b16-10+. The molecule has 1 aromatic carbocycles. The van der Waals surface area contributed by atoms with Gasteiger partial charge < -0.3 is 9.94 Å². The van der Waals surface area contributed by atoms with Crippen LogP contribution in [0.3, 0.4) is 0 Å². The fourth-order valence-corrected chi connectivity index (χ4v) is 2.63. The Morgan fingerprint density at radius 1 is 1.53 bits per heavy atom. The lowest BCUT2D eigenvalue weighted by molar-refractivity contribution is 0.213. The number of thiazole rings is 1. The first kappa shape index (κ1) is 13.5. The van der Waals surface area contributed by atoms with Gasteiger partial charge in [0.05, 0.1) is 0 Å². The summed E-state index contributed by atoms with van der Waals surface area (Å²) < 4.78 is 13.2. The van der Waals surface area contributed by atoms with Crippen molar-refractivity contribution in [3.63, 3.8) is 0 Å². The molecule has 1 heterocycles. The summed E-state index contributed by atoms with van der Waals surface area (Å²) in [7, 11) is 1.45. The second-order valence-electron chi connectivity index (χ2n) is 3.76. The summed E-state index contributed by atoms with van der Waals surface area (Å²) in [4.78, 5) is 9.32. The minimum absolute atomic E-state index is 0.109. The van der Waals surface area contributed by atoms with Crippen LogP contribution in [0, 0.1) is 5.82 Å². The van der Waals surface area contributed by atoms with E-state index in [4.69, 9.17) is 4.84 Å². The Morgan fingerprint density at radius 3 is 2.95 bits per heavy atom. The minimum Gasteiger partial charge on any atom is -0.492 e. The molecule has 0 aliphatic rings. The molecule has 0 saturated heterocycles. The lowest BCUT2D eigenvalue weighted by Gasteiger charge is -1.98. The molecule has 0 aliphatic heterocycles. The molecule has 0 radical (unpaired) electrons. The fraction of sp³-hybridized carbons (Fsp3) is 0.231. The number of aromatic nitrogens is 1. The van der Waals surface area contributed by atoms with Crippen LogP contribution in [-0.4, -0.2) is 22.9 Å². The topological polar surface area (TPSA) is 54.7 Å². The summed E-state index contributed by atoms with van der Waals surface area (Å²) >= 11 is 1.26. The first-order chi connectivity index (χ1) is 9.15. The van der Waals surface area contributed by atoms with Crippen LogP contribution in [0.5, 0.6) is 5.88 Å². The lowest BCUT2D eigenvalue weighted by Crippen LogP contribution is -1.96. The van der Waals surface area contributed by atoms with Crippen molar-refractivity contribution in [3.8, 4) is 16.5 Å². The van der Waals surface area contributed by atoms with Crippen molar-refractivity contribution < 1.29 is 14.3 Å². The summed E-state index contributed by atoms with van der Waals surface area (Å²) in [6.07, 6.45) is 0.603. The summed E-state index contributed by atoms with van der Waals surface area (Å²) in [6, 6.07) is 6.08. The van der Waals surface area contributed by atoms with Crippen LogP contribution in [0.25, 0.3) is 10.6 Å². The molecule has 0 amide bonds. The number of nitrogens with zero attached hydrogens (tertiary/aromatic N) is 2. The van der Waals surface area contributed by atoms with Gasteiger partial charge >= 0.3 is 0 Å². The first-order valence-corrected chi connectivity index (χ1v) is 6.53. The third kappa shape index (κ3) is 2.90. The Bertz CT molecular complexity index is 610. The van der Waals surface area contributed by atoms with Gasteiger partial charge in [-0.2, -0.15) is 0 Å². The Kier molecular flexibility index (Phi) is 4.11. The van der Waals surface area contributed by atoms with Crippen molar-refractivity contribution in [2.45, 2.75) is 13.3 Å². The SMILES string of the molecule is CC/C(=N\OC)c1sc(-c2cccc(F)c2)nc1O. The van der Waals surface area contributed by atoms with Crippen molar-refractivity contribution in [1.29, 1.82) is 0 Å². The third-order valence-corrected chi connectivity index (χ3v) is 3.62. The molecule has 1 aromatic heterocycles. The van der Waals surface area contributed by atoms with Crippen molar-refractivity contribution in [1.82, 2.24) is 4.98 Å². The summed E-state index contributed by atoms with van der Waals surface area (Å²) in [5.41, 5.74) is 1.24. The molecule has 2 rings (SSSR count). The average molecular weight is 280 g/mol. The number of oxime groups is 1. The average Bonchev–Trinajstić information content (AvgIpc) is 2.78. The van der Waals surface area contributed by atoms with E-state index in [0.717, 1.165) is 0 Å². The summed E-state index contributed by atoms with van der Waals surface area (Å²) in [5, 5.41) is 14.3. The Balaban J connectivity index is 2.44. The van der Waals surface area contributed by atoms with Crippen LogP contribution in [0.15, 0.2) is 29.4 Å². The Morgan fingerprint density at radius 2 is 2.32 bits per heavy atom. The van der Waals surface area contributed by atoms with Gasteiger partial charge in [0, 0.05) is 5.56 Å². The smallest absolute Gasteiger partial charge is 0.232 e. The van der Waals surface area contributed by atoms with Crippen molar-refractivity contribution in [2.75, 3.05) is 7.11 Å². The molecule has 2 aromatic rings. The lowest BCUT2D eigenvalue weighted by atomic mass is 10.2. The van der Waals surface area contributed by atoms with E-state index in [1.165, 1.54) is 30.6 Å². The first-order valence-electron chi connectivity index (χ1n) is 5.71. The highest BCUT2D eigenvalue weighted by Crippen LogP contribution is 2.33. The molecule has 0 spiro atoms. The molecule has 19 heavy (non-hydrogen) atoms. The van der Waals surface area contributed by atoms with Gasteiger partial charge in [0.1, 0.15) is 28.5 Å². The quantitative estimate of drug-likeness (QED) is 0.689. The van der Waals surface area contributed by atoms with Crippen molar-refractivity contribution >= 4 is 17.0 Å². The molecule has 0 atom stereocenters. The second kappa shape index (κ2) is 5.79. The highest BCUT2D eigenvalue weighted by Gasteiger charge is 2.16. The predicted molar refractivity (Wildman–Crippen MR) is 73.0 cm³/mol. The van der Waals surface area contributed by atoms with Crippen molar-refractivity contribution in [3.05, 3.63) is 35.0 Å². The van der Waals surface area contributed by atoms with Crippen LogP contribution in [0.1, 0.15) is 18.2 Å². The van der Waals surface area contributed by atoms with E-state index in [-0.39, 0.29) is 11.7 Å². The zero-order chi connectivity index (χ0) is 13.8. The summed E-state index contributed by atoms with van der Waals surface area (Å²) in [5.74, 6) is -0.447. The van der Waals surface area contributed by atoms with E-state index in [0.29, 0.717) is 27.6 Å². The third-order valence-electron chi connectivity index (χ3n) is 2.48. The molecular weight excluding hydrogens is 267 g/mol. The number of rotatable bonds is 4. The van der Waals surface area contributed by atoms with Gasteiger partial charge in [-0.1, -0.05) is 24.2 Å². The van der Waals surface area contributed by atoms with Gasteiger partial charge in [-0.15, -0.1) is 11.3 Å². The Hall–Kier alpha value is -1.95. The van der Waals surface area contributed by atoms with E-state index in [9.17, 15) is 9.50 Å².